The molecule has 20 heavy (non-hydrogen) atoms. The third kappa shape index (κ3) is 2.61. The Bertz CT molecular complexity index is 487. The van der Waals surface area contributed by atoms with Gasteiger partial charge in [-0.05, 0) is 65.2 Å². The van der Waals surface area contributed by atoms with Crippen LogP contribution in [0, 0.1) is 11.3 Å². The van der Waals surface area contributed by atoms with Gasteiger partial charge in [0.2, 0.25) is 0 Å². The van der Waals surface area contributed by atoms with Gasteiger partial charge >= 0.3 is 0 Å². The highest BCUT2D eigenvalue weighted by Gasteiger charge is 2.50. The third-order valence-corrected chi connectivity index (χ3v) is 5.26. The van der Waals surface area contributed by atoms with E-state index in [1.165, 1.54) is 18.4 Å². The van der Waals surface area contributed by atoms with Crippen molar-refractivity contribution in [2.45, 2.75) is 31.8 Å². The summed E-state index contributed by atoms with van der Waals surface area (Å²) in [6.45, 7) is 0.983. The number of methoxy groups -OCH3 is 1. The van der Waals surface area contributed by atoms with E-state index >= 15 is 0 Å². The Morgan fingerprint density at radius 1 is 1.45 bits per heavy atom. The molecule has 1 aromatic rings. The van der Waals surface area contributed by atoms with Gasteiger partial charge < -0.3 is 14.6 Å². The maximum absolute atomic E-state index is 9.98. The maximum atomic E-state index is 9.98. The zero-order chi connectivity index (χ0) is 14.2. The Kier molecular flexibility index (Phi) is 4.07. The smallest absolute Gasteiger partial charge is 0.133 e. The van der Waals surface area contributed by atoms with Crippen LogP contribution in [0.15, 0.2) is 22.7 Å². The molecule has 0 bridgehead atoms. The lowest BCUT2D eigenvalue weighted by atomic mass is 9.75. The van der Waals surface area contributed by atoms with Crippen LogP contribution < -0.4 is 4.74 Å². The van der Waals surface area contributed by atoms with Crippen molar-refractivity contribution in [2.24, 2.45) is 11.3 Å². The predicted octanol–water partition coefficient (Wildman–Crippen LogP) is 3.18. The van der Waals surface area contributed by atoms with Gasteiger partial charge in [-0.2, -0.15) is 0 Å². The highest BCUT2D eigenvalue weighted by molar-refractivity contribution is 9.10. The zero-order valence-corrected chi connectivity index (χ0v) is 13.4. The summed E-state index contributed by atoms with van der Waals surface area (Å²) in [6.07, 6.45) is 4.55. The molecule has 0 aromatic heterocycles. The standard InChI is InChI=1S/C16H21BrO3/c1-19-14-5-2-11(8-13(14)17)9-16(10-18)6-7-20-15(16)12-3-4-12/h2,5,8,12,15,18H,3-4,6-7,9-10H2,1H3. The molecule has 1 aliphatic heterocycles. The van der Waals surface area contributed by atoms with E-state index in [9.17, 15) is 5.11 Å². The summed E-state index contributed by atoms with van der Waals surface area (Å²) in [5, 5.41) is 9.98. The second kappa shape index (κ2) is 5.66. The number of aliphatic hydroxyl groups excluding tert-OH is 1. The van der Waals surface area contributed by atoms with Crippen molar-refractivity contribution < 1.29 is 14.6 Å². The fourth-order valence-corrected chi connectivity index (χ4v) is 3.97. The van der Waals surface area contributed by atoms with E-state index in [0.717, 1.165) is 29.7 Å². The molecular formula is C16H21BrO3. The molecule has 3 rings (SSSR count). The second-order valence-corrected chi connectivity index (χ2v) is 6.90. The van der Waals surface area contributed by atoms with Crippen LogP contribution in [0.1, 0.15) is 24.8 Å². The Morgan fingerprint density at radius 2 is 2.25 bits per heavy atom. The van der Waals surface area contributed by atoms with Gasteiger partial charge in [-0.15, -0.1) is 0 Å². The fourth-order valence-electron chi connectivity index (χ4n) is 3.38. The molecule has 4 heteroatoms. The molecule has 2 unspecified atom stereocenters. The lowest BCUT2D eigenvalue weighted by Gasteiger charge is -2.32. The summed E-state index contributed by atoms with van der Waals surface area (Å²) in [5.74, 6) is 1.50. The summed E-state index contributed by atoms with van der Waals surface area (Å²) in [4.78, 5) is 0. The maximum Gasteiger partial charge on any atom is 0.133 e. The third-order valence-electron chi connectivity index (χ3n) is 4.64. The monoisotopic (exact) mass is 340 g/mol. The fraction of sp³-hybridized carbons (Fsp3) is 0.625. The first-order valence-electron chi connectivity index (χ1n) is 7.23. The highest BCUT2D eigenvalue weighted by atomic mass is 79.9. The number of hydrogen-bond donors (Lipinski definition) is 1. The number of benzene rings is 1. The molecule has 0 radical (unpaired) electrons. The number of halogens is 1. The Balaban J connectivity index is 1.82. The van der Waals surface area contributed by atoms with Gasteiger partial charge in [0.15, 0.2) is 0 Å². The molecular weight excluding hydrogens is 320 g/mol. The van der Waals surface area contributed by atoms with Crippen molar-refractivity contribution in [1.29, 1.82) is 0 Å². The predicted molar refractivity (Wildman–Crippen MR) is 81.0 cm³/mol. The zero-order valence-electron chi connectivity index (χ0n) is 11.8. The van der Waals surface area contributed by atoms with Crippen LogP contribution >= 0.6 is 15.9 Å². The minimum atomic E-state index is -0.102. The lowest BCUT2D eigenvalue weighted by molar-refractivity contribution is 0.000576. The Labute approximate surface area is 128 Å². The van der Waals surface area contributed by atoms with Crippen molar-refractivity contribution in [1.82, 2.24) is 0 Å². The average Bonchev–Trinajstić information content (AvgIpc) is 3.21. The molecule has 3 nitrogen and oxygen atoms in total. The summed E-state index contributed by atoms with van der Waals surface area (Å²) in [7, 11) is 1.67. The Hall–Kier alpha value is -0.580. The highest BCUT2D eigenvalue weighted by Crippen LogP contribution is 2.49. The van der Waals surface area contributed by atoms with Crippen LogP contribution in [0.25, 0.3) is 0 Å². The second-order valence-electron chi connectivity index (χ2n) is 6.04. The van der Waals surface area contributed by atoms with Gasteiger partial charge in [0.05, 0.1) is 24.3 Å². The molecule has 0 spiro atoms. The van der Waals surface area contributed by atoms with Crippen molar-refractivity contribution in [2.75, 3.05) is 20.3 Å². The van der Waals surface area contributed by atoms with Crippen molar-refractivity contribution >= 4 is 15.9 Å². The number of hydrogen-bond acceptors (Lipinski definition) is 3. The van der Waals surface area contributed by atoms with Crippen LogP contribution in [0.5, 0.6) is 5.75 Å². The molecule has 2 aliphatic rings. The number of rotatable bonds is 5. The van der Waals surface area contributed by atoms with Gasteiger partial charge in [0.1, 0.15) is 5.75 Å². The van der Waals surface area contributed by atoms with Gasteiger partial charge in [0.25, 0.3) is 0 Å². The van der Waals surface area contributed by atoms with E-state index in [0.29, 0.717) is 5.92 Å². The number of aliphatic hydroxyl groups is 1. The minimum absolute atomic E-state index is 0.102. The first kappa shape index (κ1) is 14.4. The first-order chi connectivity index (χ1) is 9.68. The summed E-state index contributed by atoms with van der Waals surface area (Å²) in [5.41, 5.74) is 1.12. The largest absolute Gasteiger partial charge is 0.496 e. The van der Waals surface area contributed by atoms with Gasteiger partial charge in [0, 0.05) is 12.0 Å². The number of ether oxygens (including phenoxy) is 2. The van der Waals surface area contributed by atoms with E-state index in [1.807, 2.05) is 6.07 Å². The topological polar surface area (TPSA) is 38.7 Å². The molecule has 110 valence electrons. The SMILES string of the molecule is COc1ccc(CC2(CO)CCOC2C2CC2)cc1Br. The molecule has 1 saturated heterocycles. The molecule has 1 aliphatic carbocycles. The molecule has 2 atom stereocenters. The summed E-state index contributed by atoms with van der Waals surface area (Å²) < 4.78 is 12.2. The Morgan fingerprint density at radius 3 is 2.85 bits per heavy atom. The van der Waals surface area contributed by atoms with E-state index < -0.39 is 0 Å². The van der Waals surface area contributed by atoms with Gasteiger partial charge in [-0.1, -0.05) is 6.07 Å². The first-order valence-corrected chi connectivity index (χ1v) is 8.03. The molecule has 2 fully saturated rings. The molecule has 1 heterocycles. The van der Waals surface area contributed by atoms with Crippen LogP contribution in [0.2, 0.25) is 0 Å². The minimum Gasteiger partial charge on any atom is -0.496 e. The molecule has 1 saturated carbocycles. The van der Waals surface area contributed by atoms with E-state index in [1.54, 1.807) is 7.11 Å². The van der Waals surface area contributed by atoms with E-state index in [4.69, 9.17) is 9.47 Å². The van der Waals surface area contributed by atoms with Crippen molar-refractivity contribution in [3.63, 3.8) is 0 Å². The molecule has 1 aromatic carbocycles. The lowest BCUT2D eigenvalue weighted by Crippen LogP contribution is -2.38. The van der Waals surface area contributed by atoms with Crippen LogP contribution in [0.4, 0.5) is 0 Å². The summed E-state index contributed by atoms with van der Waals surface area (Å²) in [6, 6.07) is 6.16. The van der Waals surface area contributed by atoms with Gasteiger partial charge in [-0.25, -0.2) is 0 Å². The molecule has 1 N–H and O–H groups in total. The van der Waals surface area contributed by atoms with E-state index in [-0.39, 0.29) is 18.1 Å². The van der Waals surface area contributed by atoms with E-state index in [2.05, 4.69) is 28.1 Å². The van der Waals surface area contributed by atoms with Crippen LogP contribution in [-0.4, -0.2) is 31.5 Å². The average molecular weight is 341 g/mol. The normalized spacial score (nSPS) is 29.6. The quantitative estimate of drug-likeness (QED) is 0.894. The molecule has 0 amide bonds. The van der Waals surface area contributed by atoms with Crippen molar-refractivity contribution in [3.8, 4) is 5.75 Å². The van der Waals surface area contributed by atoms with Crippen molar-refractivity contribution in [3.05, 3.63) is 28.2 Å². The summed E-state index contributed by atoms with van der Waals surface area (Å²) >= 11 is 3.53. The van der Waals surface area contributed by atoms with Crippen LogP contribution in [-0.2, 0) is 11.2 Å². The van der Waals surface area contributed by atoms with Gasteiger partial charge in [-0.3, -0.25) is 0 Å². The van der Waals surface area contributed by atoms with Crippen LogP contribution in [0.3, 0.4) is 0 Å².